The summed E-state index contributed by atoms with van der Waals surface area (Å²) >= 11 is 0. The monoisotopic (exact) mass is 224 g/mol. The molecule has 0 aromatic heterocycles. The number of carbonyl (C=O) groups is 1. The quantitative estimate of drug-likeness (QED) is 0.768. The van der Waals surface area contributed by atoms with Crippen LogP contribution >= 0.6 is 0 Å². The zero-order valence-corrected chi connectivity index (χ0v) is 10.5. The zero-order valence-electron chi connectivity index (χ0n) is 10.5. The normalized spacial score (nSPS) is 36.8. The molecular weight excluding hydrogens is 200 g/mol. The van der Waals surface area contributed by atoms with E-state index in [0.29, 0.717) is 5.41 Å². The fourth-order valence-corrected chi connectivity index (χ4v) is 2.60. The van der Waals surface area contributed by atoms with Crippen molar-refractivity contribution < 1.29 is 4.79 Å². The Morgan fingerprint density at radius 2 is 2.00 bits per heavy atom. The van der Waals surface area contributed by atoms with E-state index in [2.05, 4.69) is 12.2 Å². The van der Waals surface area contributed by atoms with E-state index in [0.717, 1.165) is 32.2 Å². The van der Waals surface area contributed by atoms with Gasteiger partial charge in [-0.3, -0.25) is 4.79 Å². The van der Waals surface area contributed by atoms with Crippen LogP contribution in [0.1, 0.15) is 52.4 Å². The fourth-order valence-electron chi connectivity index (χ4n) is 2.60. The molecule has 0 aromatic carbocycles. The van der Waals surface area contributed by atoms with E-state index in [9.17, 15) is 4.79 Å². The van der Waals surface area contributed by atoms with Gasteiger partial charge in [0, 0.05) is 12.1 Å². The fraction of sp³-hybridized carbons (Fsp3) is 0.923. The number of hydrogen-bond donors (Lipinski definition) is 2. The van der Waals surface area contributed by atoms with Crippen molar-refractivity contribution in [3.8, 4) is 0 Å². The molecular formula is C13H24N2O. The van der Waals surface area contributed by atoms with Gasteiger partial charge in [0.2, 0.25) is 5.91 Å². The Hall–Kier alpha value is -0.570. The average molecular weight is 224 g/mol. The van der Waals surface area contributed by atoms with Crippen molar-refractivity contribution in [2.24, 2.45) is 17.1 Å². The van der Waals surface area contributed by atoms with Gasteiger partial charge >= 0.3 is 0 Å². The molecule has 16 heavy (non-hydrogen) atoms. The van der Waals surface area contributed by atoms with Crippen molar-refractivity contribution in [2.45, 2.75) is 57.9 Å². The van der Waals surface area contributed by atoms with Gasteiger partial charge in [-0.25, -0.2) is 0 Å². The molecule has 2 aliphatic rings. The molecule has 2 rings (SSSR count). The Morgan fingerprint density at radius 1 is 1.31 bits per heavy atom. The Bertz CT molecular complexity index is 282. The first-order valence-electron chi connectivity index (χ1n) is 6.50. The Balaban J connectivity index is 1.87. The van der Waals surface area contributed by atoms with Crippen LogP contribution in [0.3, 0.4) is 0 Å². The van der Waals surface area contributed by atoms with Crippen molar-refractivity contribution in [3.05, 3.63) is 0 Å². The van der Waals surface area contributed by atoms with Crippen LogP contribution in [-0.4, -0.2) is 18.0 Å². The summed E-state index contributed by atoms with van der Waals surface area (Å²) in [6, 6.07) is 0. The molecule has 0 spiro atoms. The van der Waals surface area contributed by atoms with E-state index in [-0.39, 0.29) is 17.4 Å². The summed E-state index contributed by atoms with van der Waals surface area (Å²) < 4.78 is 0. The number of nitrogens with one attached hydrogen (secondary N) is 1. The lowest BCUT2D eigenvalue weighted by Crippen LogP contribution is -2.53. The zero-order chi connectivity index (χ0) is 11.8. The third-order valence-corrected chi connectivity index (χ3v) is 4.36. The van der Waals surface area contributed by atoms with Gasteiger partial charge in [-0.15, -0.1) is 0 Å². The maximum atomic E-state index is 12.1. The van der Waals surface area contributed by atoms with Crippen LogP contribution in [0.2, 0.25) is 0 Å². The SMILES string of the molecule is CC1(CNC(=O)C2CCCCC2(C)N)CC1. The van der Waals surface area contributed by atoms with Crippen LogP contribution in [0.25, 0.3) is 0 Å². The molecule has 3 N–H and O–H groups in total. The van der Waals surface area contributed by atoms with Crippen LogP contribution in [0.4, 0.5) is 0 Å². The Labute approximate surface area is 98.2 Å². The van der Waals surface area contributed by atoms with Crippen LogP contribution in [0, 0.1) is 11.3 Å². The van der Waals surface area contributed by atoms with E-state index in [1.54, 1.807) is 0 Å². The summed E-state index contributed by atoms with van der Waals surface area (Å²) in [5, 5.41) is 3.09. The van der Waals surface area contributed by atoms with Crippen LogP contribution in [0.5, 0.6) is 0 Å². The van der Waals surface area contributed by atoms with E-state index in [4.69, 9.17) is 5.73 Å². The Kier molecular flexibility index (Phi) is 2.99. The minimum atomic E-state index is -0.299. The molecule has 2 aliphatic carbocycles. The van der Waals surface area contributed by atoms with Gasteiger partial charge in [0.15, 0.2) is 0 Å². The smallest absolute Gasteiger partial charge is 0.224 e. The van der Waals surface area contributed by atoms with Crippen molar-refractivity contribution in [1.82, 2.24) is 5.32 Å². The third kappa shape index (κ3) is 2.57. The van der Waals surface area contributed by atoms with E-state index >= 15 is 0 Å². The van der Waals surface area contributed by atoms with Crippen LogP contribution in [0.15, 0.2) is 0 Å². The number of amides is 1. The van der Waals surface area contributed by atoms with Crippen LogP contribution < -0.4 is 11.1 Å². The van der Waals surface area contributed by atoms with Gasteiger partial charge in [-0.2, -0.15) is 0 Å². The predicted octanol–water partition coefficient (Wildman–Crippen LogP) is 1.81. The molecule has 0 bridgehead atoms. The largest absolute Gasteiger partial charge is 0.355 e. The van der Waals surface area contributed by atoms with Gasteiger partial charge in [0.1, 0.15) is 0 Å². The molecule has 0 aliphatic heterocycles. The molecule has 3 nitrogen and oxygen atoms in total. The molecule has 0 radical (unpaired) electrons. The van der Waals surface area contributed by atoms with E-state index < -0.39 is 0 Å². The molecule has 0 saturated heterocycles. The molecule has 0 aromatic rings. The van der Waals surface area contributed by atoms with Gasteiger partial charge in [-0.1, -0.05) is 19.8 Å². The van der Waals surface area contributed by atoms with Gasteiger partial charge < -0.3 is 11.1 Å². The lowest BCUT2D eigenvalue weighted by Gasteiger charge is -2.37. The highest BCUT2D eigenvalue weighted by Gasteiger charge is 2.41. The standard InChI is InChI=1S/C13H24N2O/c1-12(7-8-12)9-15-11(16)10-5-3-4-6-13(10,2)14/h10H,3-9,14H2,1-2H3,(H,15,16). The van der Waals surface area contributed by atoms with Gasteiger partial charge in [0.05, 0.1) is 5.92 Å². The molecule has 2 atom stereocenters. The first-order valence-corrected chi connectivity index (χ1v) is 6.50. The summed E-state index contributed by atoms with van der Waals surface area (Å²) in [6.45, 7) is 5.09. The summed E-state index contributed by atoms with van der Waals surface area (Å²) in [5.41, 5.74) is 6.30. The van der Waals surface area contributed by atoms with Crippen molar-refractivity contribution in [3.63, 3.8) is 0 Å². The summed E-state index contributed by atoms with van der Waals surface area (Å²) in [4.78, 5) is 12.1. The first kappa shape index (κ1) is 11.9. The molecule has 3 heteroatoms. The maximum absolute atomic E-state index is 12.1. The highest BCUT2D eigenvalue weighted by Crippen LogP contribution is 2.44. The summed E-state index contributed by atoms with van der Waals surface area (Å²) in [6.07, 6.45) is 6.73. The van der Waals surface area contributed by atoms with E-state index in [1.165, 1.54) is 12.8 Å². The molecule has 0 heterocycles. The maximum Gasteiger partial charge on any atom is 0.224 e. The minimum absolute atomic E-state index is 0.0172. The van der Waals surface area contributed by atoms with Crippen LogP contribution in [-0.2, 0) is 4.79 Å². The molecule has 2 saturated carbocycles. The number of rotatable bonds is 3. The number of hydrogen-bond acceptors (Lipinski definition) is 2. The molecule has 92 valence electrons. The van der Waals surface area contributed by atoms with E-state index in [1.807, 2.05) is 6.92 Å². The van der Waals surface area contributed by atoms with Gasteiger partial charge in [-0.05, 0) is 38.0 Å². The first-order chi connectivity index (χ1) is 7.43. The van der Waals surface area contributed by atoms with Gasteiger partial charge in [0.25, 0.3) is 0 Å². The average Bonchev–Trinajstić information content (AvgIpc) is 2.93. The number of nitrogens with two attached hydrogens (primary N) is 1. The second kappa shape index (κ2) is 4.02. The number of carbonyl (C=O) groups excluding carboxylic acids is 1. The second-order valence-electron chi connectivity index (χ2n) is 6.33. The van der Waals surface area contributed by atoms with Crippen molar-refractivity contribution in [1.29, 1.82) is 0 Å². The molecule has 2 fully saturated rings. The van der Waals surface area contributed by atoms with Crippen molar-refractivity contribution in [2.75, 3.05) is 6.54 Å². The topological polar surface area (TPSA) is 55.1 Å². The highest BCUT2D eigenvalue weighted by atomic mass is 16.1. The highest BCUT2D eigenvalue weighted by molar-refractivity contribution is 5.80. The second-order valence-corrected chi connectivity index (χ2v) is 6.33. The molecule has 2 unspecified atom stereocenters. The Morgan fingerprint density at radius 3 is 2.56 bits per heavy atom. The summed E-state index contributed by atoms with van der Waals surface area (Å²) in [7, 11) is 0. The lowest BCUT2D eigenvalue weighted by atomic mass is 9.74. The third-order valence-electron chi connectivity index (χ3n) is 4.36. The lowest BCUT2D eigenvalue weighted by molar-refractivity contribution is -0.128. The molecule has 1 amide bonds. The van der Waals surface area contributed by atoms with Crippen molar-refractivity contribution >= 4 is 5.91 Å². The summed E-state index contributed by atoms with van der Waals surface area (Å²) in [5.74, 6) is 0.196. The predicted molar refractivity (Wildman–Crippen MR) is 64.9 cm³/mol. The minimum Gasteiger partial charge on any atom is -0.355 e.